The average molecular weight is 297 g/mol. The molecule has 106 valence electrons. The normalized spacial score (nSPS) is 20.2. The number of rotatable bonds is 2. The molecule has 1 nitrogen and oxygen atoms in total. The molecule has 1 aliphatic rings. The second kappa shape index (κ2) is 5.87. The summed E-state index contributed by atoms with van der Waals surface area (Å²) in [6, 6.07) is 16.1. The molecule has 1 saturated carbocycles. The third-order valence-corrected chi connectivity index (χ3v) is 4.25. The molecule has 0 aromatic heterocycles. The Morgan fingerprint density at radius 1 is 1.14 bits per heavy atom. The van der Waals surface area contributed by atoms with E-state index in [4.69, 9.17) is 11.6 Å². The summed E-state index contributed by atoms with van der Waals surface area (Å²) in [7, 11) is 0. The van der Waals surface area contributed by atoms with Crippen LogP contribution in [0.25, 0.3) is 6.08 Å². The van der Waals surface area contributed by atoms with Gasteiger partial charge in [-0.1, -0.05) is 53.6 Å². The van der Waals surface area contributed by atoms with Gasteiger partial charge in [0.25, 0.3) is 0 Å². The van der Waals surface area contributed by atoms with Crippen molar-refractivity contribution in [3.05, 3.63) is 75.8 Å². The first kappa shape index (κ1) is 14.1. The Hall–Kier alpha value is -1.86. The van der Waals surface area contributed by atoms with Gasteiger partial charge in [0.1, 0.15) is 0 Å². The molecule has 1 fully saturated rings. The van der Waals surface area contributed by atoms with Gasteiger partial charge in [-0.3, -0.25) is 4.79 Å². The van der Waals surface area contributed by atoms with Gasteiger partial charge in [0.15, 0.2) is 5.78 Å². The summed E-state index contributed by atoms with van der Waals surface area (Å²) in [4.78, 5) is 12.2. The first-order chi connectivity index (χ1) is 10.1. The highest BCUT2D eigenvalue weighted by atomic mass is 35.5. The summed E-state index contributed by atoms with van der Waals surface area (Å²) in [5, 5.41) is 0.713. The van der Waals surface area contributed by atoms with Gasteiger partial charge in [0, 0.05) is 22.9 Å². The highest BCUT2D eigenvalue weighted by Crippen LogP contribution is 2.38. The van der Waals surface area contributed by atoms with Crippen LogP contribution in [0.4, 0.5) is 0 Å². The number of ketones is 1. The van der Waals surface area contributed by atoms with Crippen LogP contribution in [-0.2, 0) is 4.79 Å². The fraction of sp³-hybridized carbons (Fsp3) is 0.211. The number of hydrogen-bond donors (Lipinski definition) is 0. The smallest absolute Gasteiger partial charge is 0.159 e. The van der Waals surface area contributed by atoms with Crippen molar-refractivity contribution in [1.29, 1.82) is 0 Å². The van der Waals surface area contributed by atoms with Crippen molar-refractivity contribution in [1.82, 2.24) is 0 Å². The molecule has 0 N–H and O–H groups in total. The molecule has 0 bridgehead atoms. The van der Waals surface area contributed by atoms with Crippen LogP contribution in [0, 0.1) is 6.92 Å². The standard InChI is InChI=1S/C19H17ClO/c1-13-3-2-4-15(11-13)17-9-10-19(21)18(17)12-14-5-7-16(20)8-6-14/h2-8,11-12,17H,9-10H2,1H3/b18-12+/t17-/m1/s1. The maximum atomic E-state index is 12.2. The first-order valence-corrected chi connectivity index (χ1v) is 7.58. The van der Waals surface area contributed by atoms with E-state index in [2.05, 4.69) is 31.2 Å². The summed E-state index contributed by atoms with van der Waals surface area (Å²) in [5.41, 5.74) is 4.42. The largest absolute Gasteiger partial charge is 0.295 e. The summed E-state index contributed by atoms with van der Waals surface area (Å²) in [6.07, 6.45) is 3.55. The molecule has 1 atom stereocenters. The topological polar surface area (TPSA) is 17.1 Å². The van der Waals surface area contributed by atoms with E-state index in [1.54, 1.807) is 0 Å². The minimum atomic E-state index is 0.216. The maximum Gasteiger partial charge on any atom is 0.159 e. The quantitative estimate of drug-likeness (QED) is 0.698. The van der Waals surface area contributed by atoms with Gasteiger partial charge in [-0.15, -0.1) is 0 Å². The van der Waals surface area contributed by atoms with E-state index in [0.717, 1.165) is 17.6 Å². The molecule has 21 heavy (non-hydrogen) atoms. The van der Waals surface area contributed by atoms with E-state index >= 15 is 0 Å². The number of carbonyl (C=O) groups excluding carboxylic acids is 1. The van der Waals surface area contributed by atoms with Crippen molar-refractivity contribution in [2.45, 2.75) is 25.7 Å². The van der Waals surface area contributed by atoms with Crippen LogP contribution < -0.4 is 0 Å². The Bertz CT molecular complexity index is 698. The van der Waals surface area contributed by atoms with Crippen LogP contribution in [0.15, 0.2) is 54.1 Å². The van der Waals surface area contributed by atoms with Gasteiger partial charge in [-0.05, 0) is 42.7 Å². The Morgan fingerprint density at radius 3 is 2.62 bits per heavy atom. The lowest BCUT2D eigenvalue weighted by Gasteiger charge is -2.12. The minimum absolute atomic E-state index is 0.216. The number of halogens is 1. The van der Waals surface area contributed by atoms with Gasteiger partial charge in [-0.2, -0.15) is 0 Å². The minimum Gasteiger partial charge on any atom is -0.295 e. The Morgan fingerprint density at radius 2 is 1.90 bits per heavy atom. The molecule has 0 unspecified atom stereocenters. The molecule has 0 heterocycles. The molecule has 2 aromatic rings. The summed E-state index contributed by atoms with van der Waals surface area (Å²) in [6.45, 7) is 2.09. The van der Waals surface area contributed by atoms with E-state index in [-0.39, 0.29) is 11.7 Å². The SMILES string of the molecule is Cc1cccc([C@H]2CCC(=O)/C2=C/c2ccc(Cl)cc2)c1. The second-order valence-corrected chi connectivity index (χ2v) is 6.02. The van der Waals surface area contributed by atoms with E-state index in [1.807, 2.05) is 30.3 Å². The van der Waals surface area contributed by atoms with Crippen molar-refractivity contribution in [3.8, 4) is 0 Å². The predicted octanol–water partition coefficient (Wildman–Crippen LogP) is 5.18. The van der Waals surface area contributed by atoms with Crippen LogP contribution in [0.3, 0.4) is 0 Å². The van der Waals surface area contributed by atoms with E-state index in [1.165, 1.54) is 11.1 Å². The summed E-state index contributed by atoms with van der Waals surface area (Å²) >= 11 is 5.91. The summed E-state index contributed by atoms with van der Waals surface area (Å²) in [5.74, 6) is 0.476. The molecule has 0 spiro atoms. The molecule has 2 heteroatoms. The molecule has 0 amide bonds. The van der Waals surface area contributed by atoms with Crippen LogP contribution in [-0.4, -0.2) is 5.78 Å². The molecule has 0 aliphatic heterocycles. The average Bonchev–Trinajstić information content (AvgIpc) is 2.83. The zero-order valence-corrected chi connectivity index (χ0v) is 12.7. The van der Waals surface area contributed by atoms with Crippen LogP contribution >= 0.6 is 11.6 Å². The third kappa shape index (κ3) is 3.08. The predicted molar refractivity (Wildman–Crippen MR) is 87.6 cm³/mol. The molecule has 0 radical (unpaired) electrons. The molecular weight excluding hydrogens is 280 g/mol. The number of Topliss-reactive ketones (excluding diaryl/α,β-unsaturated/α-hetero) is 1. The van der Waals surface area contributed by atoms with Gasteiger partial charge in [0.2, 0.25) is 0 Å². The zero-order chi connectivity index (χ0) is 14.8. The van der Waals surface area contributed by atoms with Gasteiger partial charge >= 0.3 is 0 Å². The second-order valence-electron chi connectivity index (χ2n) is 5.58. The van der Waals surface area contributed by atoms with Gasteiger partial charge in [0.05, 0.1) is 0 Å². The number of carbonyl (C=O) groups is 1. The Balaban J connectivity index is 1.98. The van der Waals surface area contributed by atoms with E-state index in [9.17, 15) is 4.79 Å². The molecule has 2 aromatic carbocycles. The number of benzene rings is 2. The third-order valence-electron chi connectivity index (χ3n) is 3.99. The lowest BCUT2D eigenvalue weighted by molar-refractivity contribution is -0.114. The maximum absolute atomic E-state index is 12.2. The molecule has 3 rings (SSSR count). The van der Waals surface area contributed by atoms with E-state index in [0.29, 0.717) is 11.4 Å². The number of hydrogen-bond acceptors (Lipinski definition) is 1. The Kier molecular flexibility index (Phi) is 3.94. The lowest BCUT2D eigenvalue weighted by Crippen LogP contribution is -2.00. The monoisotopic (exact) mass is 296 g/mol. The van der Waals surface area contributed by atoms with Crippen LogP contribution in [0.1, 0.15) is 35.4 Å². The fourth-order valence-corrected chi connectivity index (χ4v) is 3.05. The molecule has 1 aliphatic carbocycles. The van der Waals surface area contributed by atoms with Gasteiger partial charge < -0.3 is 0 Å². The lowest BCUT2D eigenvalue weighted by atomic mass is 9.91. The highest BCUT2D eigenvalue weighted by molar-refractivity contribution is 6.30. The van der Waals surface area contributed by atoms with Crippen molar-refractivity contribution in [2.75, 3.05) is 0 Å². The highest BCUT2D eigenvalue weighted by Gasteiger charge is 2.29. The number of allylic oxidation sites excluding steroid dienone is 1. The van der Waals surface area contributed by atoms with E-state index < -0.39 is 0 Å². The molecule has 0 saturated heterocycles. The van der Waals surface area contributed by atoms with Crippen molar-refractivity contribution in [3.63, 3.8) is 0 Å². The van der Waals surface area contributed by atoms with Crippen LogP contribution in [0.5, 0.6) is 0 Å². The zero-order valence-electron chi connectivity index (χ0n) is 12.0. The van der Waals surface area contributed by atoms with Crippen molar-refractivity contribution < 1.29 is 4.79 Å². The van der Waals surface area contributed by atoms with Crippen molar-refractivity contribution >= 4 is 23.5 Å². The first-order valence-electron chi connectivity index (χ1n) is 7.20. The van der Waals surface area contributed by atoms with Crippen molar-refractivity contribution in [2.24, 2.45) is 0 Å². The van der Waals surface area contributed by atoms with Crippen LogP contribution in [0.2, 0.25) is 5.02 Å². The van der Waals surface area contributed by atoms with Gasteiger partial charge in [-0.25, -0.2) is 0 Å². The number of aryl methyl sites for hydroxylation is 1. The molecular formula is C19H17ClO. The fourth-order valence-electron chi connectivity index (χ4n) is 2.92. The summed E-state index contributed by atoms with van der Waals surface area (Å²) < 4.78 is 0. The Labute approximate surface area is 130 Å².